The highest BCUT2D eigenvalue weighted by atomic mass is 16.4. The number of hydrogen-bond acceptors (Lipinski definition) is 4. The van der Waals surface area contributed by atoms with Crippen molar-refractivity contribution in [3.63, 3.8) is 0 Å². The lowest BCUT2D eigenvalue weighted by molar-refractivity contribution is -0.127. The molecule has 4 heteroatoms. The Kier molecular flexibility index (Phi) is 3.44. The van der Waals surface area contributed by atoms with Gasteiger partial charge in [0.25, 0.3) is 0 Å². The molecule has 0 amide bonds. The highest BCUT2D eigenvalue weighted by Crippen LogP contribution is 2.02. The standard InChI is InChI=1S/C7H11NO3/c1-4(8-11)7(5(2)9)6(3)10/h7,11H,1-3H3. The molecule has 0 aromatic heterocycles. The number of carbonyl (C=O) groups is 2. The summed E-state index contributed by atoms with van der Waals surface area (Å²) in [5.41, 5.74) is 0.144. The molecule has 0 aliphatic heterocycles. The van der Waals surface area contributed by atoms with Gasteiger partial charge in [-0.25, -0.2) is 0 Å². The Hall–Kier alpha value is -1.19. The summed E-state index contributed by atoms with van der Waals surface area (Å²) in [6.45, 7) is 4.02. The zero-order valence-electron chi connectivity index (χ0n) is 6.79. The molecule has 1 N–H and O–H groups in total. The molecule has 11 heavy (non-hydrogen) atoms. The lowest BCUT2D eigenvalue weighted by Gasteiger charge is -2.06. The minimum absolute atomic E-state index is 0.144. The first kappa shape index (κ1) is 9.81. The predicted octanol–water partition coefficient (Wildman–Crippen LogP) is 0.631. The van der Waals surface area contributed by atoms with Crippen molar-refractivity contribution >= 4 is 17.3 Å². The van der Waals surface area contributed by atoms with Crippen molar-refractivity contribution in [3.8, 4) is 0 Å². The van der Waals surface area contributed by atoms with Crippen LogP contribution in [0, 0.1) is 5.92 Å². The van der Waals surface area contributed by atoms with E-state index >= 15 is 0 Å². The van der Waals surface area contributed by atoms with E-state index in [-0.39, 0.29) is 17.3 Å². The van der Waals surface area contributed by atoms with Gasteiger partial charge in [-0.15, -0.1) is 0 Å². The van der Waals surface area contributed by atoms with Gasteiger partial charge in [0.1, 0.15) is 17.5 Å². The van der Waals surface area contributed by atoms with E-state index in [9.17, 15) is 9.59 Å². The van der Waals surface area contributed by atoms with E-state index in [0.29, 0.717) is 0 Å². The van der Waals surface area contributed by atoms with Crippen molar-refractivity contribution in [1.29, 1.82) is 0 Å². The average molecular weight is 157 g/mol. The number of ketones is 2. The fraction of sp³-hybridized carbons (Fsp3) is 0.571. The van der Waals surface area contributed by atoms with Gasteiger partial charge in [-0.05, 0) is 20.8 Å². The van der Waals surface area contributed by atoms with E-state index in [1.807, 2.05) is 0 Å². The lowest BCUT2D eigenvalue weighted by atomic mass is 9.96. The second-order valence-electron chi connectivity index (χ2n) is 2.40. The third-order valence-corrected chi connectivity index (χ3v) is 1.39. The van der Waals surface area contributed by atoms with Crippen molar-refractivity contribution in [2.24, 2.45) is 11.1 Å². The van der Waals surface area contributed by atoms with Gasteiger partial charge >= 0.3 is 0 Å². The largest absolute Gasteiger partial charge is 0.411 e. The van der Waals surface area contributed by atoms with Crippen molar-refractivity contribution in [3.05, 3.63) is 0 Å². The van der Waals surface area contributed by atoms with Crippen LogP contribution in [0.2, 0.25) is 0 Å². The molecule has 0 atom stereocenters. The maximum atomic E-state index is 10.8. The van der Waals surface area contributed by atoms with Gasteiger partial charge in [0, 0.05) is 0 Å². The summed E-state index contributed by atoms with van der Waals surface area (Å²) < 4.78 is 0. The van der Waals surface area contributed by atoms with Crippen LogP contribution in [0.15, 0.2) is 5.16 Å². The molecule has 0 aromatic carbocycles. The molecule has 0 aromatic rings. The van der Waals surface area contributed by atoms with Crippen LogP contribution >= 0.6 is 0 Å². The Bertz CT molecular complexity index is 194. The number of carbonyl (C=O) groups excluding carboxylic acids is 2. The molecule has 0 unspecified atom stereocenters. The Morgan fingerprint density at radius 1 is 1.18 bits per heavy atom. The molecule has 4 nitrogen and oxygen atoms in total. The summed E-state index contributed by atoms with van der Waals surface area (Å²) in [6.07, 6.45) is 0. The van der Waals surface area contributed by atoms with Crippen molar-refractivity contribution in [1.82, 2.24) is 0 Å². The smallest absolute Gasteiger partial charge is 0.146 e. The van der Waals surface area contributed by atoms with Crippen LogP contribution in [-0.2, 0) is 9.59 Å². The fourth-order valence-electron chi connectivity index (χ4n) is 0.932. The minimum Gasteiger partial charge on any atom is -0.411 e. The van der Waals surface area contributed by atoms with Crippen LogP contribution in [0.5, 0.6) is 0 Å². The van der Waals surface area contributed by atoms with Crippen LogP contribution in [0.25, 0.3) is 0 Å². The third kappa shape index (κ3) is 2.49. The maximum Gasteiger partial charge on any atom is 0.146 e. The van der Waals surface area contributed by atoms with E-state index in [0.717, 1.165) is 0 Å². The number of hydrogen-bond donors (Lipinski definition) is 1. The minimum atomic E-state index is -0.875. The lowest BCUT2D eigenvalue weighted by Crippen LogP contribution is -2.26. The zero-order valence-corrected chi connectivity index (χ0v) is 6.79. The van der Waals surface area contributed by atoms with Crippen LogP contribution in [0.3, 0.4) is 0 Å². The molecule has 0 bridgehead atoms. The quantitative estimate of drug-likeness (QED) is 0.283. The van der Waals surface area contributed by atoms with Gasteiger partial charge in [-0.2, -0.15) is 0 Å². The average Bonchev–Trinajstić information content (AvgIpc) is 1.85. The van der Waals surface area contributed by atoms with E-state index in [4.69, 9.17) is 5.21 Å². The van der Waals surface area contributed by atoms with Crippen molar-refractivity contribution in [2.45, 2.75) is 20.8 Å². The van der Waals surface area contributed by atoms with E-state index in [1.165, 1.54) is 20.8 Å². The summed E-state index contributed by atoms with van der Waals surface area (Å²) >= 11 is 0. The highest BCUT2D eigenvalue weighted by molar-refractivity contribution is 6.18. The molecule has 0 aliphatic rings. The van der Waals surface area contributed by atoms with Gasteiger partial charge in [-0.1, -0.05) is 5.16 Å². The Morgan fingerprint density at radius 2 is 1.55 bits per heavy atom. The van der Waals surface area contributed by atoms with E-state index in [1.54, 1.807) is 0 Å². The Morgan fingerprint density at radius 3 is 1.64 bits per heavy atom. The van der Waals surface area contributed by atoms with Crippen molar-refractivity contribution < 1.29 is 14.8 Å². The monoisotopic (exact) mass is 157 g/mol. The summed E-state index contributed by atoms with van der Waals surface area (Å²) in [7, 11) is 0. The van der Waals surface area contributed by atoms with Gasteiger partial charge in [-0.3, -0.25) is 9.59 Å². The van der Waals surface area contributed by atoms with Gasteiger partial charge in [0.15, 0.2) is 0 Å². The summed E-state index contributed by atoms with van der Waals surface area (Å²) in [5.74, 6) is -1.47. The first-order valence-electron chi connectivity index (χ1n) is 3.20. The van der Waals surface area contributed by atoms with Crippen LogP contribution < -0.4 is 0 Å². The second kappa shape index (κ2) is 3.85. The first-order chi connectivity index (χ1) is 5.00. The molecule has 0 fully saturated rings. The van der Waals surface area contributed by atoms with Crippen LogP contribution in [0.4, 0.5) is 0 Å². The normalized spacial score (nSPS) is 11.8. The molecular formula is C7H11NO3. The zero-order chi connectivity index (χ0) is 9.02. The third-order valence-electron chi connectivity index (χ3n) is 1.39. The Balaban J connectivity index is 4.62. The maximum absolute atomic E-state index is 10.8. The summed E-state index contributed by atoms with van der Waals surface area (Å²) in [4.78, 5) is 21.5. The number of rotatable bonds is 3. The molecule has 62 valence electrons. The van der Waals surface area contributed by atoms with Crippen LogP contribution in [0.1, 0.15) is 20.8 Å². The molecule has 0 aliphatic carbocycles. The molecule has 0 heterocycles. The van der Waals surface area contributed by atoms with Crippen molar-refractivity contribution in [2.75, 3.05) is 0 Å². The highest BCUT2D eigenvalue weighted by Gasteiger charge is 2.22. The molecule has 0 saturated carbocycles. The fourth-order valence-corrected chi connectivity index (χ4v) is 0.932. The first-order valence-corrected chi connectivity index (χ1v) is 3.20. The molecule has 0 radical (unpaired) electrons. The van der Waals surface area contributed by atoms with Crippen LogP contribution in [-0.4, -0.2) is 22.5 Å². The summed E-state index contributed by atoms with van der Waals surface area (Å²) in [6, 6.07) is 0. The molecule has 0 spiro atoms. The van der Waals surface area contributed by atoms with Gasteiger partial charge in [0.05, 0.1) is 5.71 Å². The number of nitrogens with zero attached hydrogens (tertiary/aromatic N) is 1. The summed E-state index contributed by atoms with van der Waals surface area (Å²) in [5, 5.41) is 11.1. The number of Topliss-reactive ketones (excluding diaryl/α,β-unsaturated/α-hetero) is 2. The molecular weight excluding hydrogens is 146 g/mol. The molecule has 0 saturated heterocycles. The van der Waals surface area contributed by atoms with Gasteiger partial charge < -0.3 is 5.21 Å². The van der Waals surface area contributed by atoms with E-state index < -0.39 is 5.92 Å². The predicted molar refractivity (Wildman–Crippen MR) is 39.7 cm³/mol. The topological polar surface area (TPSA) is 66.7 Å². The Labute approximate surface area is 64.9 Å². The SMILES string of the molecule is CC(=O)C(C(C)=O)C(C)=NO. The molecule has 0 rings (SSSR count). The van der Waals surface area contributed by atoms with Gasteiger partial charge in [0.2, 0.25) is 0 Å². The second-order valence-corrected chi connectivity index (χ2v) is 2.40. The number of oxime groups is 1. The van der Waals surface area contributed by atoms with E-state index in [2.05, 4.69) is 5.16 Å².